The molecule has 0 radical (unpaired) electrons. The number of fused-ring (bicyclic) bond motifs is 1. The molecule has 1 N–H and O–H groups in total. The number of allylic oxidation sites excluding steroid dienone is 2. The number of carbonyl (C=O) groups is 1. The van der Waals surface area contributed by atoms with Gasteiger partial charge in [0.05, 0.1) is 0 Å². The Bertz CT molecular complexity index is 963. The zero-order valence-corrected chi connectivity index (χ0v) is 14.9. The Kier molecular flexibility index (Phi) is 3.93. The fourth-order valence-electron chi connectivity index (χ4n) is 3.00. The molecule has 1 unspecified atom stereocenters. The van der Waals surface area contributed by atoms with Gasteiger partial charge in [0.1, 0.15) is 6.04 Å². The van der Waals surface area contributed by atoms with E-state index < -0.39 is 0 Å². The summed E-state index contributed by atoms with van der Waals surface area (Å²) in [5.41, 5.74) is 2.96. The Morgan fingerprint density at radius 1 is 1.12 bits per heavy atom. The van der Waals surface area contributed by atoms with Crippen LogP contribution in [0.3, 0.4) is 0 Å². The van der Waals surface area contributed by atoms with Gasteiger partial charge in [-0.15, -0.1) is 0 Å². The van der Waals surface area contributed by atoms with Crippen LogP contribution in [0.5, 0.6) is 0 Å². The molecule has 1 atom stereocenters. The molecular weight excluding hydrogens is 382 g/mol. The summed E-state index contributed by atoms with van der Waals surface area (Å²) in [7, 11) is 0. The van der Waals surface area contributed by atoms with E-state index in [1.54, 1.807) is 4.68 Å². The zero-order valence-electron chi connectivity index (χ0n) is 13.3. The van der Waals surface area contributed by atoms with Crippen LogP contribution in [-0.4, -0.2) is 26.0 Å². The molecule has 2 aromatic carbocycles. The van der Waals surface area contributed by atoms with Crippen molar-refractivity contribution < 1.29 is 4.79 Å². The number of carbonyl (C=O) groups excluding carboxylic acids is 1. The number of rotatable bonds is 3. The zero-order chi connectivity index (χ0) is 17.4. The molecule has 1 aliphatic heterocycles. The minimum absolute atomic E-state index is 0.0420. The smallest absolute Gasteiger partial charge is 0.248 e. The second kappa shape index (κ2) is 6.25. The second-order valence-corrected chi connectivity index (χ2v) is 6.68. The van der Waals surface area contributed by atoms with Gasteiger partial charge in [0.15, 0.2) is 5.78 Å². The molecule has 0 fully saturated rings. The first-order valence-corrected chi connectivity index (χ1v) is 8.55. The van der Waals surface area contributed by atoms with E-state index in [9.17, 15) is 4.79 Å². The first kappa shape index (κ1) is 15.7. The van der Waals surface area contributed by atoms with Gasteiger partial charge in [-0.25, -0.2) is 0 Å². The maximum Gasteiger partial charge on any atom is 0.248 e. The van der Waals surface area contributed by atoms with Crippen molar-refractivity contribution in [2.24, 2.45) is 0 Å². The van der Waals surface area contributed by atoms with Gasteiger partial charge in [-0.3, -0.25) is 4.79 Å². The maximum absolute atomic E-state index is 13.2. The van der Waals surface area contributed by atoms with E-state index in [0.29, 0.717) is 17.1 Å². The van der Waals surface area contributed by atoms with Crippen molar-refractivity contribution >= 4 is 27.7 Å². The van der Waals surface area contributed by atoms with Crippen molar-refractivity contribution in [2.45, 2.75) is 13.0 Å². The average molecular weight is 396 g/mol. The summed E-state index contributed by atoms with van der Waals surface area (Å²) in [6, 6.07) is 16.7. The number of ketones is 1. The van der Waals surface area contributed by atoms with Crippen LogP contribution in [0.2, 0.25) is 0 Å². The Hall–Kier alpha value is -2.80. The normalized spacial score (nSPS) is 16.3. The molecule has 4 rings (SSSR count). The topological polar surface area (TPSA) is 72.7 Å². The summed E-state index contributed by atoms with van der Waals surface area (Å²) >= 11 is 3.45. The van der Waals surface area contributed by atoms with Crippen LogP contribution in [-0.2, 0) is 0 Å². The van der Waals surface area contributed by atoms with Crippen LogP contribution in [0.1, 0.15) is 28.9 Å². The van der Waals surface area contributed by atoms with Gasteiger partial charge in [-0.2, -0.15) is 4.68 Å². The Morgan fingerprint density at radius 2 is 1.84 bits per heavy atom. The highest BCUT2D eigenvalue weighted by Gasteiger charge is 2.34. The number of aromatic nitrogens is 4. The van der Waals surface area contributed by atoms with Crippen molar-refractivity contribution in [3.63, 3.8) is 0 Å². The molecule has 124 valence electrons. The summed E-state index contributed by atoms with van der Waals surface area (Å²) < 4.78 is 2.62. The molecule has 25 heavy (non-hydrogen) atoms. The Morgan fingerprint density at radius 3 is 2.56 bits per heavy atom. The number of halogens is 1. The highest BCUT2D eigenvalue weighted by Crippen LogP contribution is 2.36. The van der Waals surface area contributed by atoms with E-state index in [2.05, 4.69) is 36.8 Å². The molecule has 0 saturated heterocycles. The number of hydrogen-bond donors (Lipinski definition) is 1. The lowest BCUT2D eigenvalue weighted by molar-refractivity contribution is 0.102. The van der Waals surface area contributed by atoms with E-state index in [4.69, 9.17) is 0 Å². The van der Waals surface area contributed by atoms with E-state index in [-0.39, 0.29) is 11.8 Å². The highest BCUT2D eigenvalue weighted by atomic mass is 79.9. The van der Waals surface area contributed by atoms with Crippen LogP contribution in [0.4, 0.5) is 5.95 Å². The third kappa shape index (κ3) is 2.76. The molecule has 0 amide bonds. The highest BCUT2D eigenvalue weighted by molar-refractivity contribution is 9.10. The fourth-order valence-corrected chi connectivity index (χ4v) is 3.27. The van der Waals surface area contributed by atoms with Gasteiger partial charge in [0, 0.05) is 21.3 Å². The third-order valence-corrected chi connectivity index (χ3v) is 4.71. The maximum atomic E-state index is 13.2. The van der Waals surface area contributed by atoms with Gasteiger partial charge < -0.3 is 5.32 Å². The van der Waals surface area contributed by atoms with Crippen LogP contribution >= 0.6 is 15.9 Å². The molecule has 6 nitrogen and oxygen atoms in total. The molecule has 0 bridgehead atoms. The monoisotopic (exact) mass is 395 g/mol. The lowest BCUT2D eigenvalue weighted by Gasteiger charge is -2.28. The molecule has 7 heteroatoms. The second-order valence-electron chi connectivity index (χ2n) is 5.76. The average Bonchev–Trinajstić information content (AvgIpc) is 3.09. The van der Waals surface area contributed by atoms with Gasteiger partial charge >= 0.3 is 0 Å². The van der Waals surface area contributed by atoms with E-state index >= 15 is 0 Å². The third-order valence-electron chi connectivity index (χ3n) is 4.18. The van der Waals surface area contributed by atoms with Crippen LogP contribution < -0.4 is 5.32 Å². The summed E-state index contributed by atoms with van der Waals surface area (Å²) in [6.07, 6.45) is 0. The largest absolute Gasteiger partial charge is 0.326 e. The predicted octanol–water partition coefficient (Wildman–Crippen LogP) is 3.61. The SMILES string of the molecule is CC1=C(C(=O)c2ccccc2)C(c2ccc(Br)cc2)n2nnnc2N1. The lowest BCUT2D eigenvalue weighted by atomic mass is 9.90. The standard InChI is InChI=1S/C18H14BrN5O/c1-11-15(17(25)13-5-3-2-4-6-13)16(12-7-9-14(19)10-8-12)24-18(20-11)21-22-23-24/h2-10,16H,1H3,(H,20,21,23). The number of tetrazole rings is 1. The molecule has 2 heterocycles. The van der Waals surface area contributed by atoms with E-state index in [0.717, 1.165) is 15.7 Å². The summed E-state index contributed by atoms with van der Waals surface area (Å²) in [4.78, 5) is 13.2. The van der Waals surface area contributed by atoms with Crippen molar-refractivity contribution in [1.29, 1.82) is 0 Å². The van der Waals surface area contributed by atoms with Crippen LogP contribution in [0.25, 0.3) is 0 Å². The molecular formula is C18H14BrN5O. The van der Waals surface area contributed by atoms with Gasteiger partial charge in [0.25, 0.3) is 0 Å². The first-order valence-electron chi connectivity index (χ1n) is 7.76. The fraction of sp³-hybridized carbons (Fsp3) is 0.111. The summed E-state index contributed by atoms with van der Waals surface area (Å²) in [5, 5.41) is 15.0. The molecule has 0 aliphatic carbocycles. The Balaban J connectivity index is 1.87. The van der Waals surface area contributed by atoms with Gasteiger partial charge in [-0.05, 0) is 35.0 Å². The number of Topliss-reactive ketones (excluding diaryl/α,β-unsaturated/α-hetero) is 1. The quantitative estimate of drug-likeness (QED) is 0.685. The minimum atomic E-state index is -0.382. The van der Waals surface area contributed by atoms with E-state index in [1.807, 2.05) is 61.5 Å². The van der Waals surface area contributed by atoms with Crippen molar-refractivity contribution in [3.8, 4) is 0 Å². The summed E-state index contributed by atoms with van der Waals surface area (Å²) in [5.74, 6) is 0.481. The first-order chi connectivity index (χ1) is 12.1. The Labute approximate surface area is 152 Å². The van der Waals surface area contributed by atoms with E-state index in [1.165, 1.54) is 0 Å². The molecule has 1 aromatic heterocycles. The van der Waals surface area contributed by atoms with Crippen LogP contribution in [0, 0.1) is 0 Å². The molecule has 0 saturated carbocycles. The lowest BCUT2D eigenvalue weighted by Crippen LogP contribution is -2.28. The van der Waals surface area contributed by atoms with Crippen molar-refractivity contribution in [1.82, 2.24) is 20.2 Å². The molecule has 3 aromatic rings. The number of hydrogen-bond acceptors (Lipinski definition) is 5. The number of anilines is 1. The minimum Gasteiger partial charge on any atom is -0.326 e. The number of nitrogens with zero attached hydrogens (tertiary/aromatic N) is 4. The van der Waals surface area contributed by atoms with Gasteiger partial charge in [-0.1, -0.05) is 63.5 Å². The van der Waals surface area contributed by atoms with Crippen molar-refractivity contribution in [3.05, 3.63) is 81.5 Å². The number of benzene rings is 2. The van der Waals surface area contributed by atoms with Gasteiger partial charge in [0.2, 0.25) is 5.95 Å². The molecule has 0 spiro atoms. The number of nitrogens with one attached hydrogen (secondary N) is 1. The predicted molar refractivity (Wildman–Crippen MR) is 97.2 cm³/mol. The molecule has 1 aliphatic rings. The van der Waals surface area contributed by atoms with Crippen LogP contribution in [0.15, 0.2) is 70.3 Å². The summed E-state index contributed by atoms with van der Waals surface area (Å²) in [6.45, 7) is 1.88. The van der Waals surface area contributed by atoms with Crippen molar-refractivity contribution in [2.75, 3.05) is 5.32 Å².